The minimum atomic E-state index is -1.04. The van der Waals surface area contributed by atoms with Crippen LogP contribution < -0.4 is 10.6 Å². The topological polar surface area (TPSA) is 142 Å². The summed E-state index contributed by atoms with van der Waals surface area (Å²) in [6.45, 7) is -0.209. The monoisotopic (exact) mass is 476 g/mol. The molecular formula is C23H21FN8O3. The van der Waals surface area contributed by atoms with Gasteiger partial charge >= 0.3 is 6.03 Å². The molecule has 0 aliphatic heterocycles. The van der Waals surface area contributed by atoms with Crippen LogP contribution in [0.5, 0.6) is 0 Å². The first-order valence-electron chi connectivity index (χ1n) is 10.8. The van der Waals surface area contributed by atoms with Crippen molar-refractivity contribution in [2.24, 2.45) is 0 Å². The van der Waals surface area contributed by atoms with E-state index in [1.807, 2.05) is 24.3 Å². The largest absolute Gasteiger partial charge is 0.394 e. The Bertz CT molecular complexity index is 1520. The molecule has 2 aromatic carbocycles. The summed E-state index contributed by atoms with van der Waals surface area (Å²) in [5.41, 5.74) is 4.30. The van der Waals surface area contributed by atoms with Crippen LogP contribution in [0.15, 0.2) is 60.8 Å². The average Bonchev–Trinajstić information content (AvgIpc) is 3.45. The highest BCUT2D eigenvalue weighted by Crippen LogP contribution is 2.24. The summed E-state index contributed by atoms with van der Waals surface area (Å²) < 4.78 is 16.9. The minimum Gasteiger partial charge on any atom is -0.394 e. The van der Waals surface area contributed by atoms with Crippen molar-refractivity contribution in [3.63, 3.8) is 0 Å². The fourth-order valence-corrected chi connectivity index (χ4v) is 3.58. The number of nitrogens with zero attached hydrogens (tertiary/aromatic N) is 6. The molecule has 178 valence electrons. The molecular weight excluding hydrogens is 455 g/mol. The Hall–Kier alpha value is -4.42. The third-order valence-corrected chi connectivity index (χ3v) is 5.31. The number of aromatic nitrogens is 6. The lowest BCUT2D eigenvalue weighted by atomic mass is 10.1. The highest BCUT2D eigenvalue weighted by atomic mass is 19.1. The Morgan fingerprint density at radius 1 is 1.11 bits per heavy atom. The highest BCUT2D eigenvalue weighted by Gasteiger charge is 2.12. The SMILES string of the molecule is O=C(NCC(O)CO)Nc1cn2nc(Cn3nnc4ccc(-c5cccc(F)c5)cc43)ccc2n1. The van der Waals surface area contributed by atoms with Crippen molar-refractivity contribution in [1.82, 2.24) is 34.9 Å². The van der Waals surface area contributed by atoms with Gasteiger partial charge in [0.25, 0.3) is 0 Å². The van der Waals surface area contributed by atoms with E-state index in [1.165, 1.54) is 16.6 Å². The number of rotatable bonds is 7. The summed E-state index contributed by atoms with van der Waals surface area (Å²) in [6.07, 6.45) is 0.520. The highest BCUT2D eigenvalue weighted by molar-refractivity contribution is 5.88. The number of aliphatic hydroxyl groups is 2. The van der Waals surface area contributed by atoms with E-state index in [-0.39, 0.29) is 18.2 Å². The van der Waals surface area contributed by atoms with E-state index >= 15 is 0 Å². The van der Waals surface area contributed by atoms with E-state index in [1.54, 1.807) is 29.1 Å². The first kappa shape index (κ1) is 22.4. The number of hydrogen-bond acceptors (Lipinski definition) is 7. The standard InChI is InChI=1S/C23H21FN8O3/c24-16-3-1-2-14(8-16)15-4-6-19-20(9-15)31(30-28-19)11-17-5-7-22-26-21(12-32(22)29-17)27-23(35)25-10-18(34)13-33/h1-9,12,18,33-34H,10-11,13H2,(H2,25,27,35). The summed E-state index contributed by atoms with van der Waals surface area (Å²) in [5, 5.41) is 36.1. The molecule has 2 amide bonds. The summed E-state index contributed by atoms with van der Waals surface area (Å²) in [6, 6.07) is 15.0. The first-order valence-corrected chi connectivity index (χ1v) is 10.8. The number of hydrogen-bond donors (Lipinski definition) is 4. The quantitative estimate of drug-likeness (QED) is 0.281. The maximum absolute atomic E-state index is 13.7. The normalized spacial score (nSPS) is 12.2. The van der Waals surface area contributed by atoms with E-state index in [9.17, 15) is 14.3 Å². The van der Waals surface area contributed by atoms with Crippen LogP contribution >= 0.6 is 0 Å². The molecule has 0 fully saturated rings. The fourth-order valence-electron chi connectivity index (χ4n) is 3.58. The van der Waals surface area contributed by atoms with Gasteiger partial charge in [-0.2, -0.15) is 5.10 Å². The summed E-state index contributed by atoms with van der Waals surface area (Å²) in [4.78, 5) is 16.2. The van der Waals surface area contributed by atoms with Crippen molar-refractivity contribution < 1.29 is 19.4 Å². The number of carbonyl (C=O) groups is 1. The van der Waals surface area contributed by atoms with Gasteiger partial charge in [0.1, 0.15) is 11.3 Å². The van der Waals surface area contributed by atoms with Gasteiger partial charge in [-0.3, -0.25) is 5.32 Å². The zero-order valence-electron chi connectivity index (χ0n) is 18.3. The molecule has 3 aromatic heterocycles. The Morgan fingerprint density at radius 3 is 2.80 bits per heavy atom. The number of amides is 2. The second-order valence-electron chi connectivity index (χ2n) is 7.89. The van der Waals surface area contributed by atoms with Gasteiger partial charge in [-0.15, -0.1) is 5.10 Å². The molecule has 3 heterocycles. The van der Waals surface area contributed by atoms with E-state index < -0.39 is 18.7 Å². The van der Waals surface area contributed by atoms with E-state index in [2.05, 4.69) is 31.0 Å². The summed E-state index contributed by atoms with van der Waals surface area (Å²) in [5.74, 6) is -0.0299. The molecule has 1 unspecified atom stereocenters. The second-order valence-corrected chi connectivity index (χ2v) is 7.89. The number of aliphatic hydroxyl groups excluding tert-OH is 2. The van der Waals surface area contributed by atoms with Crippen molar-refractivity contribution >= 4 is 28.5 Å². The average molecular weight is 476 g/mol. The van der Waals surface area contributed by atoms with Gasteiger partial charge in [0.15, 0.2) is 11.5 Å². The number of halogens is 1. The van der Waals surface area contributed by atoms with Crippen LogP contribution in [0.25, 0.3) is 27.8 Å². The fraction of sp³-hybridized carbons (Fsp3) is 0.174. The van der Waals surface area contributed by atoms with Crippen LogP contribution in [-0.2, 0) is 6.54 Å². The number of benzene rings is 2. The number of nitrogens with one attached hydrogen (secondary N) is 2. The molecule has 5 rings (SSSR count). The van der Waals surface area contributed by atoms with Gasteiger partial charge in [0.05, 0.1) is 36.7 Å². The first-order chi connectivity index (χ1) is 17.0. The maximum atomic E-state index is 13.7. The van der Waals surface area contributed by atoms with E-state index in [4.69, 9.17) is 5.11 Å². The smallest absolute Gasteiger partial charge is 0.320 e. The molecule has 5 aromatic rings. The van der Waals surface area contributed by atoms with Crippen LogP contribution in [0.3, 0.4) is 0 Å². The van der Waals surface area contributed by atoms with Crippen molar-refractivity contribution in [2.45, 2.75) is 12.6 Å². The van der Waals surface area contributed by atoms with Gasteiger partial charge in [0.2, 0.25) is 0 Å². The summed E-state index contributed by atoms with van der Waals surface area (Å²) in [7, 11) is 0. The van der Waals surface area contributed by atoms with E-state index in [0.717, 1.165) is 16.6 Å². The molecule has 0 aliphatic carbocycles. The predicted octanol–water partition coefficient (Wildman–Crippen LogP) is 1.80. The zero-order valence-corrected chi connectivity index (χ0v) is 18.3. The predicted molar refractivity (Wildman–Crippen MR) is 125 cm³/mol. The van der Waals surface area contributed by atoms with E-state index in [0.29, 0.717) is 23.4 Å². The minimum absolute atomic E-state index is 0.0924. The Kier molecular flexibility index (Phi) is 6.04. The van der Waals surface area contributed by atoms with Crippen LogP contribution in [-0.4, -0.2) is 65.1 Å². The van der Waals surface area contributed by atoms with Crippen molar-refractivity contribution in [3.8, 4) is 11.1 Å². The molecule has 0 saturated carbocycles. The van der Waals surface area contributed by atoms with Gasteiger partial charge in [-0.25, -0.2) is 23.4 Å². The lowest BCUT2D eigenvalue weighted by molar-refractivity contribution is 0.0965. The molecule has 4 N–H and O–H groups in total. The molecule has 12 heteroatoms. The maximum Gasteiger partial charge on any atom is 0.320 e. The lowest BCUT2D eigenvalue weighted by Crippen LogP contribution is -2.36. The Balaban J connectivity index is 1.35. The van der Waals surface area contributed by atoms with Crippen LogP contribution in [0, 0.1) is 5.82 Å². The molecule has 0 aliphatic rings. The molecule has 35 heavy (non-hydrogen) atoms. The second kappa shape index (κ2) is 9.44. The van der Waals surface area contributed by atoms with Crippen molar-refractivity contribution in [1.29, 1.82) is 0 Å². The third kappa shape index (κ3) is 4.93. The van der Waals surface area contributed by atoms with Crippen molar-refractivity contribution in [2.75, 3.05) is 18.5 Å². The Morgan fingerprint density at radius 2 is 1.97 bits per heavy atom. The number of fused-ring (bicyclic) bond motifs is 2. The van der Waals surface area contributed by atoms with Gasteiger partial charge in [0, 0.05) is 6.54 Å². The van der Waals surface area contributed by atoms with Crippen LogP contribution in [0.1, 0.15) is 5.69 Å². The lowest BCUT2D eigenvalue weighted by Gasteiger charge is -2.08. The number of carbonyl (C=O) groups excluding carboxylic acids is 1. The Labute approximate surface area is 197 Å². The van der Waals surface area contributed by atoms with Crippen molar-refractivity contribution in [3.05, 3.63) is 72.3 Å². The van der Waals surface area contributed by atoms with Gasteiger partial charge in [-0.05, 0) is 47.5 Å². The molecule has 0 bridgehead atoms. The zero-order chi connectivity index (χ0) is 24.4. The molecule has 0 radical (unpaired) electrons. The molecule has 1 atom stereocenters. The summed E-state index contributed by atoms with van der Waals surface area (Å²) >= 11 is 0. The van der Waals surface area contributed by atoms with Crippen LogP contribution in [0.4, 0.5) is 15.0 Å². The third-order valence-electron chi connectivity index (χ3n) is 5.31. The number of anilines is 1. The molecule has 0 spiro atoms. The number of imidazole rings is 1. The molecule has 11 nitrogen and oxygen atoms in total. The molecule has 0 saturated heterocycles. The van der Waals surface area contributed by atoms with Crippen LogP contribution in [0.2, 0.25) is 0 Å². The van der Waals surface area contributed by atoms with Gasteiger partial charge in [-0.1, -0.05) is 23.4 Å². The van der Waals surface area contributed by atoms with Gasteiger partial charge < -0.3 is 15.5 Å². The number of urea groups is 1.